The van der Waals surface area contributed by atoms with Crippen molar-refractivity contribution in [2.45, 2.75) is 70.6 Å². The van der Waals surface area contributed by atoms with Crippen molar-refractivity contribution in [3.05, 3.63) is 47.1 Å². The monoisotopic (exact) mass is 372 g/mol. The van der Waals surface area contributed by atoms with E-state index in [2.05, 4.69) is 84.6 Å². The number of methoxy groups -OCH3 is 2. The Labute approximate surface area is 161 Å². The lowest BCUT2D eigenvalue weighted by Gasteiger charge is -2.33. The second-order valence-electron chi connectivity index (χ2n) is 10.0. The molecule has 1 aliphatic rings. The molecular formula is C23H36O2Si. The van der Waals surface area contributed by atoms with E-state index in [0.29, 0.717) is 5.54 Å². The average Bonchev–Trinajstić information content (AvgIpc) is 3.03. The van der Waals surface area contributed by atoms with Crippen LogP contribution in [-0.4, -0.2) is 22.3 Å². The Morgan fingerprint density at radius 1 is 0.885 bits per heavy atom. The molecule has 0 amide bonds. The highest BCUT2D eigenvalue weighted by Crippen LogP contribution is 2.47. The quantitative estimate of drug-likeness (QED) is 0.550. The van der Waals surface area contributed by atoms with Gasteiger partial charge in [-0.1, -0.05) is 72.5 Å². The summed E-state index contributed by atoms with van der Waals surface area (Å²) >= 11 is 0. The third-order valence-electron chi connectivity index (χ3n) is 5.55. The molecule has 0 saturated carbocycles. The van der Waals surface area contributed by atoms with Gasteiger partial charge in [0, 0.05) is 16.5 Å². The standard InChI is InChI=1S/C23H36O2Si/c1-22(2,3)19-14-17(24-6)15-20(21(19)25-7)23(4,5)16-11-12-18(13-16)26(8,9)10/h11-15,18H,1-10H3. The summed E-state index contributed by atoms with van der Waals surface area (Å²) in [6, 6.07) is 4.26. The predicted molar refractivity (Wildman–Crippen MR) is 116 cm³/mol. The SMILES string of the molecule is COc1cc(C(C)(C)C)c(OC)c(C(C)(C)C2=CC([Si](C)(C)C)C=C2)c1. The van der Waals surface area contributed by atoms with Gasteiger partial charge in [-0.05, 0) is 28.7 Å². The zero-order valence-corrected chi connectivity index (χ0v) is 19.3. The Hall–Kier alpha value is -1.48. The van der Waals surface area contributed by atoms with Crippen molar-refractivity contribution in [2.75, 3.05) is 14.2 Å². The molecule has 1 aromatic rings. The maximum Gasteiger partial charge on any atom is 0.126 e. The van der Waals surface area contributed by atoms with E-state index in [-0.39, 0.29) is 10.8 Å². The number of hydrogen-bond donors (Lipinski definition) is 0. The number of allylic oxidation sites excluding steroid dienone is 4. The predicted octanol–water partition coefficient (Wildman–Crippen LogP) is 6.48. The van der Waals surface area contributed by atoms with E-state index in [1.807, 2.05) is 0 Å². The fraction of sp³-hybridized carbons (Fsp3) is 0.565. The second-order valence-corrected chi connectivity index (χ2v) is 15.4. The molecule has 0 spiro atoms. The Morgan fingerprint density at radius 2 is 1.46 bits per heavy atom. The minimum absolute atomic E-state index is 0.0224. The zero-order chi connectivity index (χ0) is 19.9. The summed E-state index contributed by atoms with van der Waals surface area (Å²) in [5, 5.41) is 0. The van der Waals surface area contributed by atoms with E-state index in [9.17, 15) is 0 Å². The van der Waals surface area contributed by atoms with Crippen molar-refractivity contribution in [3.8, 4) is 11.5 Å². The van der Waals surface area contributed by atoms with Crippen LogP contribution in [0.3, 0.4) is 0 Å². The highest BCUT2D eigenvalue weighted by molar-refractivity contribution is 6.78. The number of benzene rings is 1. The second kappa shape index (κ2) is 6.92. The first-order valence-corrected chi connectivity index (χ1v) is 13.1. The molecular weight excluding hydrogens is 336 g/mol. The number of rotatable bonds is 5. The lowest BCUT2D eigenvalue weighted by molar-refractivity contribution is 0.375. The average molecular weight is 373 g/mol. The van der Waals surface area contributed by atoms with Gasteiger partial charge in [0.2, 0.25) is 0 Å². The molecule has 0 fully saturated rings. The molecule has 2 nitrogen and oxygen atoms in total. The van der Waals surface area contributed by atoms with E-state index < -0.39 is 8.07 Å². The van der Waals surface area contributed by atoms with Crippen LogP contribution in [0.1, 0.15) is 45.7 Å². The summed E-state index contributed by atoms with van der Waals surface area (Å²) < 4.78 is 11.6. The van der Waals surface area contributed by atoms with Crippen LogP contribution in [0.5, 0.6) is 11.5 Å². The van der Waals surface area contributed by atoms with Crippen LogP contribution in [0.25, 0.3) is 0 Å². The van der Waals surface area contributed by atoms with E-state index in [4.69, 9.17) is 9.47 Å². The maximum atomic E-state index is 5.94. The van der Waals surface area contributed by atoms with Crippen molar-refractivity contribution in [3.63, 3.8) is 0 Å². The molecule has 0 N–H and O–H groups in total. The molecule has 3 heteroatoms. The summed E-state index contributed by atoms with van der Waals surface area (Å²) in [6.07, 6.45) is 7.18. The van der Waals surface area contributed by atoms with Gasteiger partial charge in [-0.15, -0.1) is 0 Å². The summed E-state index contributed by atoms with van der Waals surface area (Å²) in [6.45, 7) is 18.5. The summed E-state index contributed by atoms with van der Waals surface area (Å²) in [5.41, 5.74) is 4.17. The third kappa shape index (κ3) is 3.93. The first-order chi connectivity index (χ1) is 11.8. The summed E-state index contributed by atoms with van der Waals surface area (Å²) in [4.78, 5) is 0. The topological polar surface area (TPSA) is 18.5 Å². The van der Waals surface area contributed by atoms with Gasteiger partial charge in [-0.25, -0.2) is 0 Å². The molecule has 0 radical (unpaired) electrons. The van der Waals surface area contributed by atoms with Gasteiger partial charge in [0.25, 0.3) is 0 Å². The third-order valence-corrected chi connectivity index (χ3v) is 7.91. The van der Waals surface area contributed by atoms with Gasteiger partial charge in [0.15, 0.2) is 0 Å². The van der Waals surface area contributed by atoms with Gasteiger partial charge in [0.1, 0.15) is 11.5 Å². The van der Waals surface area contributed by atoms with E-state index >= 15 is 0 Å². The molecule has 0 heterocycles. The highest BCUT2D eigenvalue weighted by Gasteiger charge is 2.35. The fourth-order valence-electron chi connectivity index (χ4n) is 3.58. The molecule has 1 atom stereocenters. The van der Waals surface area contributed by atoms with Crippen molar-refractivity contribution >= 4 is 8.07 Å². The van der Waals surface area contributed by atoms with Crippen LogP contribution < -0.4 is 9.47 Å². The normalized spacial score (nSPS) is 18.1. The van der Waals surface area contributed by atoms with Crippen LogP contribution in [-0.2, 0) is 10.8 Å². The molecule has 0 saturated heterocycles. The van der Waals surface area contributed by atoms with E-state index in [0.717, 1.165) is 11.5 Å². The molecule has 1 aromatic carbocycles. The van der Waals surface area contributed by atoms with Gasteiger partial charge >= 0.3 is 0 Å². The molecule has 26 heavy (non-hydrogen) atoms. The number of ether oxygens (including phenoxy) is 2. The Kier molecular flexibility index (Phi) is 5.54. The van der Waals surface area contributed by atoms with Gasteiger partial charge < -0.3 is 9.47 Å². The van der Waals surface area contributed by atoms with Crippen molar-refractivity contribution < 1.29 is 9.47 Å². The summed E-state index contributed by atoms with van der Waals surface area (Å²) in [5.74, 6) is 1.87. The van der Waals surface area contributed by atoms with E-state index in [1.165, 1.54) is 16.7 Å². The number of hydrogen-bond acceptors (Lipinski definition) is 2. The van der Waals surface area contributed by atoms with E-state index in [1.54, 1.807) is 14.2 Å². The fourth-order valence-corrected chi connectivity index (χ4v) is 4.94. The molecule has 144 valence electrons. The minimum Gasteiger partial charge on any atom is -0.497 e. The molecule has 0 bridgehead atoms. The first kappa shape index (κ1) is 20.8. The maximum absolute atomic E-state index is 5.94. The highest BCUT2D eigenvalue weighted by atomic mass is 28.3. The zero-order valence-electron chi connectivity index (χ0n) is 18.3. The van der Waals surface area contributed by atoms with Crippen molar-refractivity contribution in [2.24, 2.45) is 0 Å². The Balaban J connectivity index is 2.65. The lowest BCUT2D eigenvalue weighted by Crippen LogP contribution is -2.26. The Morgan fingerprint density at radius 3 is 1.88 bits per heavy atom. The molecule has 1 aliphatic carbocycles. The molecule has 1 unspecified atom stereocenters. The van der Waals surface area contributed by atoms with Crippen molar-refractivity contribution in [1.82, 2.24) is 0 Å². The summed E-state index contributed by atoms with van der Waals surface area (Å²) in [7, 11) is 2.27. The molecule has 0 aromatic heterocycles. The molecule has 2 rings (SSSR count). The van der Waals surface area contributed by atoms with Crippen LogP contribution in [0.15, 0.2) is 35.9 Å². The smallest absolute Gasteiger partial charge is 0.126 e. The first-order valence-electron chi connectivity index (χ1n) is 9.50. The minimum atomic E-state index is -1.25. The van der Waals surface area contributed by atoms with Crippen molar-refractivity contribution in [1.29, 1.82) is 0 Å². The van der Waals surface area contributed by atoms with Crippen LogP contribution >= 0.6 is 0 Å². The van der Waals surface area contributed by atoms with Gasteiger partial charge in [-0.3, -0.25) is 0 Å². The van der Waals surface area contributed by atoms with Gasteiger partial charge in [0.05, 0.1) is 22.3 Å². The van der Waals surface area contributed by atoms with Crippen LogP contribution in [0.2, 0.25) is 25.2 Å². The largest absolute Gasteiger partial charge is 0.497 e. The van der Waals surface area contributed by atoms with Crippen LogP contribution in [0, 0.1) is 0 Å². The van der Waals surface area contributed by atoms with Crippen LogP contribution in [0.4, 0.5) is 0 Å². The lowest BCUT2D eigenvalue weighted by atomic mass is 9.74. The molecule has 0 aliphatic heterocycles. The van der Waals surface area contributed by atoms with Gasteiger partial charge in [-0.2, -0.15) is 0 Å². The Bertz CT molecular complexity index is 728.